The number of likely N-dealkylation sites (N-methyl/N-ethyl adjacent to an activating group) is 1. The van der Waals surface area contributed by atoms with Crippen molar-refractivity contribution in [2.45, 2.75) is 18.9 Å². The van der Waals surface area contributed by atoms with E-state index in [1.165, 1.54) is 0 Å². The second-order valence-electron chi connectivity index (χ2n) is 8.13. The summed E-state index contributed by atoms with van der Waals surface area (Å²) < 4.78 is 5.71. The molecule has 0 aliphatic carbocycles. The Labute approximate surface area is 192 Å². The number of carbonyl (C=O) groups is 2. The molecule has 4 aromatic rings. The third-order valence-electron chi connectivity index (χ3n) is 6.25. The predicted molar refractivity (Wildman–Crippen MR) is 129 cm³/mol. The van der Waals surface area contributed by atoms with Crippen molar-refractivity contribution in [2.24, 2.45) is 0 Å². The van der Waals surface area contributed by atoms with Crippen LogP contribution in [0.25, 0.3) is 10.9 Å². The maximum atomic E-state index is 13.9. The Morgan fingerprint density at radius 2 is 1.73 bits per heavy atom. The lowest BCUT2D eigenvalue weighted by Gasteiger charge is -2.39. The summed E-state index contributed by atoms with van der Waals surface area (Å²) in [6.07, 6.45) is 1.90. The van der Waals surface area contributed by atoms with Gasteiger partial charge in [0, 0.05) is 35.3 Å². The first-order chi connectivity index (χ1) is 16.1. The van der Waals surface area contributed by atoms with E-state index < -0.39 is 12.0 Å². The Morgan fingerprint density at radius 1 is 1.00 bits per heavy atom. The molecule has 33 heavy (non-hydrogen) atoms. The Balaban J connectivity index is 1.63. The van der Waals surface area contributed by atoms with Gasteiger partial charge in [0.15, 0.2) is 0 Å². The summed E-state index contributed by atoms with van der Waals surface area (Å²) >= 11 is 0. The zero-order chi connectivity index (χ0) is 22.9. The Bertz CT molecular complexity index is 1340. The van der Waals surface area contributed by atoms with Crippen LogP contribution in [0.1, 0.15) is 40.4 Å². The molecule has 0 fully saturated rings. The lowest BCUT2D eigenvalue weighted by Crippen LogP contribution is -2.44. The van der Waals surface area contributed by atoms with Crippen molar-refractivity contribution in [2.75, 3.05) is 19.0 Å². The first kappa shape index (κ1) is 20.8. The van der Waals surface area contributed by atoms with Gasteiger partial charge in [0.05, 0.1) is 24.3 Å². The largest absolute Gasteiger partial charge is 0.492 e. The molecule has 5 rings (SSSR count). The van der Waals surface area contributed by atoms with Gasteiger partial charge in [-0.15, -0.1) is 0 Å². The molecule has 6 nitrogen and oxygen atoms in total. The van der Waals surface area contributed by atoms with E-state index in [0.29, 0.717) is 23.6 Å². The van der Waals surface area contributed by atoms with Gasteiger partial charge in [0.25, 0.3) is 5.91 Å². The summed E-state index contributed by atoms with van der Waals surface area (Å²) in [5.74, 6) is -0.271. The lowest BCUT2D eigenvalue weighted by atomic mass is 9.79. The van der Waals surface area contributed by atoms with Crippen LogP contribution in [0.3, 0.4) is 0 Å². The minimum Gasteiger partial charge on any atom is -0.492 e. The maximum absolute atomic E-state index is 13.9. The zero-order valence-electron chi connectivity index (χ0n) is 18.5. The smallest absolute Gasteiger partial charge is 0.254 e. The van der Waals surface area contributed by atoms with E-state index in [-0.39, 0.29) is 11.8 Å². The van der Waals surface area contributed by atoms with Gasteiger partial charge in [0.2, 0.25) is 5.91 Å². The van der Waals surface area contributed by atoms with Crippen molar-refractivity contribution < 1.29 is 14.3 Å². The molecule has 0 spiro atoms. The summed E-state index contributed by atoms with van der Waals surface area (Å²) in [6, 6.07) is 22.2. The lowest BCUT2D eigenvalue weighted by molar-refractivity contribution is -0.119. The Hall–Kier alpha value is -4.06. The molecule has 2 N–H and O–H groups in total. The quantitative estimate of drug-likeness (QED) is 0.453. The van der Waals surface area contributed by atoms with E-state index in [4.69, 9.17) is 4.74 Å². The van der Waals surface area contributed by atoms with E-state index in [1.54, 1.807) is 18.0 Å². The van der Waals surface area contributed by atoms with E-state index in [1.807, 2.05) is 79.9 Å². The second-order valence-corrected chi connectivity index (χ2v) is 8.13. The van der Waals surface area contributed by atoms with Crippen LogP contribution in [-0.2, 0) is 4.79 Å². The Morgan fingerprint density at radius 3 is 2.58 bits per heavy atom. The minimum atomic E-state index is -0.599. The Kier molecular flexibility index (Phi) is 5.34. The number of ether oxygens (including phenoxy) is 1. The van der Waals surface area contributed by atoms with Crippen molar-refractivity contribution in [1.82, 2.24) is 9.88 Å². The number of hydrogen-bond acceptors (Lipinski definition) is 3. The molecule has 0 saturated carbocycles. The van der Waals surface area contributed by atoms with Crippen LogP contribution in [0.2, 0.25) is 0 Å². The first-order valence-corrected chi connectivity index (χ1v) is 11.0. The molecule has 166 valence electrons. The van der Waals surface area contributed by atoms with Crippen LogP contribution in [0.5, 0.6) is 5.75 Å². The van der Waals surface area contributed by atoms with Crippen LogP contribution in [0.15, 0.2) is 79.0 Å². The van der Waals surface area contributed by atoms with E-state index in [0.717, 1.165) is 22.0 Å². The van der Waals surface area contributed by atoms with Gasteiger partial charge in [-0.2, -0.15) is 0 Å². The van der Waals surface area contributed by atoms with E-state index >= 15 is 0 Å². The van der Waals surface area contributed by atoms with Crippen LogP contribution < -0.4 is 10.1 Å². The van der Waals surface area contributed by atoms with Gasteiger partial charge in [0.1, 0.15) is 5.75 Å². The fourth-order valence-corrected chi connectivity index (χ4v) is 4.75. The van der Waals surface area contributed by atoms with Crippen molar-refractivity contribution in [3.05, 3.63) is 95.7 Å². The number of H-pyrrole nitrogens is 1. The molecule has 0 saturated heterocycles. The molecular formula is C27H25N3O3. The predicted octanol–water partition coefficient (Wildman–Crippen LogP) is 5.12. The summed E-state index contributed by atoms with van der Waals surface area (Å²) in [5.41, 5.74) is 3.76. The average molecular weight is 440 g/mol. The van der Waals surface area contributed by atoms with E-state index in [9.17, 15) is 9.59 Å². The van der Waals surface area contributed by atoms with Crippen molar-refractivity contribution >= 4 is 28.4 Å². The number of amides is 2. The molecule has 3 aromatic carbocycles. The number of nitrogens with zero attached hydrogens (tertiary/aromatic N) is 1. The summed E-state index contributed by atoms with van der Waals surface area (Å²) in [6.45, 7) is 2.40. The van der Waals surface area contributed by atoms with Crippen molar-refractivity contribution in [3.8, 4) is 5.75 Å². The molecule has 2 heterocycles. The normalized spacial score (nSPS) is 17.6. The van der Waals surface area contributed by atoms with Gasteiger partial charge < -0.3 is 19.9 Å². The van der Waals surface area contributed by atoms with Gasteiger partial charge >= 0.3 is 0 Å². The van der Waals surface area contributed by atoms with Crippen molar-refractivity contribution in [3.63, 3.8) is 0 Å². The SMILES string of the molecule is CCOc1ccccc1NC(=O)[C@@H]1c2ccccc2C(=O)N(C)[C@@H]1c1c[nH]c2ccccc12. The fourth-order valence-electron chi connectivity index (χ4n) is 4.75. The highest BCUT2D eigenvalue weighted by Crippen LogP contribution is 2.44. The topological polar surface area (TPSA) is 74.4 Å². The molecule has 1 aromatic heterocycles. The number of nitrogens with one attached hydrogen (secondary N) is 2. The monoisotopic (exact) mass is 439 g/mol. The number of hydrogen-bond donors (Lipinski definition) is 2. The summed E-state index contributed by atoms with van der Waals surface area (Å²) in [5, 5.41) is 4.06. The highest BCUT2D eigenvalue weighted by molar-refractivity contribution is 6.05. The molecule has 1 aliphatic heterocycles. The molecule has 2 amide bonds. The number of fused-ring (bicyclic) bond motifs is 2. The number of rotatable bonds is 5. The third-order valence-corrected chi connectivity index (χ3v) is 6.25. The highest BCUT2D eigenvalue weighted by Gasteiger charge is 2.43. The first-order valence-electron chi connectivity index (χ1n) is 11.0. The van der Waals surface area contributed by atoms with Crippen LogP contribution in [-0.4, -0.2) is 35.4 Å². The standard InChI is InChI=1S/C27H25N3O3/c1-3-33-23-15-9-8-14-22(23)29-26(31)24-18-11-4-5-12-19(18)27(32)30(2)25(24)20-16-28-21-13-7-6-10-17(20)21/h4-16,24-25,28H,3H2,1-2H3,(H,29,31)/t24-,25-/m1/s1. The molecule has 1 aliphatic rings. The van der Waals surface area contributed by atoms with E-state index in [2.05, 4.69) is 10.3 Å². The van der Waals surface area contributed by atoms with Crippen LogP contribution in [0.4, 0.5) is 5.69 Å². The minimum absolute atomic E-state index is 0.0975. The second kappa shape index (κ2) is 8.47. The molecule has 0 bridgehead atoms. The van der Waals surface area contributed by atoms with Gasteiger partial charge in [-0.05, 0) is 36.8 Å². The zero-order valence-corrected chi connectivity index (χ0v) is 18.5. The van der Waals surface area contributed by atoms with Gasteiger partial charge in [-0.25, -0.2) is 0 Å². The maximum Gasteiger partial charge on any atom is 0.254 e. The number of carbonyl (C=O) groups excluding carboxylic acids is 2. The average Bonchev–Trinajstić information content (AvgIpc) is 3.26. The molecule has 6 heteroatoms. The number of anilines is 1. The number of benzene rings is 3. The van der Waals surface area contributed by atoms with Gasteiger partial charge in [-0.3, -0.25) is 9.59 Å². The molecular weight excluding hydrogens is 414 g/mol. The molecule has 2 atom stereocenters. The molecule has 0 radical (unpaired) electrons. The highest BCUT2D eigenvalue weighted by atomic mass is 16.5. The number of aromatic nitrogens is 1. The van der Waals surface area contributed by atoms with Crippen molar-refractivity contribution in [1.29, 1.82) is 0 Å². The van der Waals surface area contributed by atoms with Crippen LogP contribution in [0, 0.1) is 0 Å². The number of para-hydroxylation sites is 3. The number of aromatic amines is 1. The fraction of sp³-hybridized carbons (Fsp3) is 0.185. The van der Waals surface area contributed by atoms with Crippen LogP contribution >= 0.6 is 0 Å². The third kappa shape index (κ3) is 3.53. The molecule has 0 unspecified atom stereocenters. The van der Waals surface area contributed by atoms with Gasteiger partial charge in [-0.1, -0.05) is 48.5 Å². The summed E-state index contributed by atoms with van der Waals surface area (Å²) in [7, 11) is 1.76. The summed E-state index contributed by atoms with van der Waals surface area (Å²) in [4.78, 5) is 32.1.